The number of hydrogen-bond acceptors (Lipinski definition) is 4. The molecule has 5 nitrogen and oxygen atoms in total. The Kier molecular flexibility index (Phi) is 5.87. The second kappa shape index (κ2) is 8.76. The molecule has 1 N–H and O–H groups in total. The fourth-order valence-electron chi connectivity index (χ4n) is 2.91. The molecule has 0 radical (unpaired) electrons. The minimum absolute atomic E-state index is 0.0701. The number of benzene rings is 3. The summed E-state index contributed by atoms with van der Waals surface area (Å²) in [5, 5.41) is 3.90. The number of carbonyl (C=O) groups is 1. The molecule has 1 heterocycles. The molecule has 32 heavy (non-hydrogen) atoms. The SMILES string of the molecule is O=C(Nc1ccc(Cl)cc1)c1cc2ccccc2oc1=Nc1cccc(OC(F)(F)F)c1. The van der Waals surface area contributed by atoms with Crippen molar-refractivity contribution in [1.29, 1.82) is 0 Å². The summed E-state index contributed by atoms with van der Waals surface area (Å²) in [7, 11) is 0. The number of fused-ring (bicyclic) bond motifs is 1. The molecule has 4 aromatic rings. The molecular formula is C23H14ClF3N2O3. The van der Waals surface area contributed by atoms with E-state index >= 15 is 0 Å². The van der Waals surface area contributed by atoms with E-state index in [4.69, 9.17) is 16.0 Å². The van der Waals surface area contributed by atoms with Crippen LogP contribution in [0, 0.1) is 0 Å². The van der Waals surface area contributed by atoms with E-state index in [1.54, 1.807) is 54.6 Å². The molecule has 1 amide bonds. The summed E-state index contributed by atoms with van der Waals surface area (Å²) in [6.45, 7) is 0. The molecule has 162 valence electrons. The number of nitrogens with zero attached hydrogens (tertiary/aromatic N) is 1. The highest BCUT2D eigenvalue weighted by Crippen LogP contribution is 2.26. The van der Waals surface area contributed by atoms with Crippen molar-refractivity contribution in [2.45, 2.75) is 6.36 Å². The van der Waals surface area contributed by atoms with Gasteiger partial charge in [-0.05, 0) is 48.5 Å². The van der Waals surface area contributed by atoms with E-state index in [-0.39, 0.29) is 16.8 Å². The fourth-order valence-corrected chi connectivity index (χ4v) is 3.04. The summed E-state index contributed by atoms with van der Waals surface area (Å²) >= 11 is 5.88. The number of anilines is 1. The maximum absolute atomic E-state index is 13.0. The predicted molar refractivity (Wildman–Crippen MR) is 114 cm³/mol. The Morgan fingerprint density at radius 1 is 0.969 bits per heavy atom. The van der Waals surface area contributed by atoms with Crippen molar-refractivity contribution < 1.29 is 27.1 Å². The third kappa shape index (κ3) is 5.28. The first kappa shape index (κ1) is 21.5. The zero-order valence-electron chi connectivity index (χ0n) is 16.2. The average Bonchev–Trinajstić information content (AvgIpc) is 2.74. The van der Waals surface area contributed by atoms with Gasteiger partial charge in [0.2, 0.25) is 5.55 Å². The Bertz CT molecular complexity index is 1350. The van der Waals surface area contributed by atoms with Crippen LogP contribution in [-0.2, 0) is 0 Å². The minimum atomic E-state index is -4.84. The van der Waals surface area contributed by atoms with Gasteiger partial charge in [0.1, 0.15) is 16.9 Å². The molecular weight excluding hydrogens is 445 g/mol. The first-order valence-electron chi connectivity index (χ1n) is 9.27. The molecule has 0 unspecified atom stereocenters. The topological polar surface area (TPSA) is 63.8 Å². The third-order valence-corrected chi connectivity index (χ3v) is 4.54. The highest BCUT2D eigenvalue weighted by atomic mass is 35.5. The van der Waals surface area contributed by atoms with Crippen LogP contribution in [0.4, 0.5) is 24.5 Å². The molecule has 4 rings (SSSR count). The van der Waals surface area contributed by atoms with E-state index in [9.17, 15) is 18.0 Å². The summed E-state index contributed by atoms with van der Waals surface area (Å²) in [6, 6.07) is 20.2. The van der Waals surface area contributed by atoms with Crippen molar-refractivity contribution in [2.75, 3.05) is 5.32 Å². The third-order valence-electron chi connectivity index (χ3n) is 4.28. The van der Waals surface area contributed by atoms with Crippen molar-refractivity contribution in [3.63, 3.8) is 0 Å². The quantitative estimate of drug-likeness (QED) is 0.381. The number of carbonyl (C=O) groups excluding carboxylic acids is 1. The lowest BCUT2D eigenvalue weighted by Crippen LogP contribution is -2.21. The van der Waals surface area contributed by atoms with Crippen molar-refractivity contribution in [3.8, 4) is 5.75 Å². The highest BCUT2D eigenvalue weighted by Gasteiger charge is 2.31. The Labute approximate surface area is 184 Å². The van der Waals surface area contributed by atoms with Gasteiger partial charge >= 0.3 is 6.36 Å². The van der Waals surface area contributed by atoms with Crippen molar-refractivity contribution in [3.05, 3.63) is 95.0 Å². The monoisotopic (exact) mass is 458 g/mol. The number of rotatable bonds is 4. The van der Waals surface area contributed by atoms with Crippen LogP contribution >= 0.6 is 11.6 Å². The Hall–Kier alpha value is -3.78. The minimum Gasteiger partial charge on any atom is -0.438 e. The van der Waals surface area contributed by atoms with Gasteiger partial charge in [0, 0.05) is 22.2 Å². The van der Waals surface area contributed by atoms with Gasteiger partial charge in [-0.25, -0.2) is 4.99 Å². The van der Waals surface area contributed by atoms with Gasteiger partial charge in [-0.2, -0.15) is 0 Å². The predicted octanol–water partition coefficient (Wildman–Crippen LogP) is 6.47. The maximum atomic E-state index is 13.0. The summed E-state index contributed by atoms with van der Waals surface area (Å²) < 4.78 is 47.4. The summed E-state index contributed by atoms with van der Waals surface area (Å²) in [5.41, 5.74) is 1.10. The van der Waals surface area contributed by atoms with E-state index in [0.717, 1.165) is 12.1 Å². The van der Waals surface area contributed by atoms with E-state index < -0.39 is 18.0 Å². The highest BCUT2D eigenvalue weighted by molar-refractivity contribution is 6.30. The summed E-state index contributed by atoms with van der Waals surface area (Å²) in [6.07, 6.45) is -4.84. The van der Waals surface area contributed by atoms with Crippen LogP contribution in [0.5, 0.6) is 5.75 Å². The van der Waals surface area contributed by atoms with Crippen LogP contribution in [0.1, 0.15) is 10.4 Å². The molecule has 9 heteroatoms. The summed E-state index contributed by atoms with van der Waals surface area (Å²) in [4.78, 5) is 17.2. The summed E-state index contributed by atoms with van der Waals surface area (Å²) in [5.74, 6) is -0.949. The molecule has 0 aliphatic carbocycles. The normalized spacial score (nSPS) is 12.1. The van der Waals surface area contributed by atoms with Gasteiger partial charge in [-0.1, -0.05) is 35.9 Å². The van der Waals surface area contributed by atoms with Crippen LogP contribution in [-0.4, -0.2) is 12.3 Å². The lowest BCUT2D eigenvalue weighted by molar-refractivity contribution is -0.274. The number of ether oxygens (including phenoxy) is 1. The van der Waals surface area contributed by atoms with Crippen molar-refractivity contribution >= 4 is 39.9 Å². The van der Waals surface area contributed by atoms with E-state index in [0.29, 0.717) is 21.7 Å². The Morgan fingerprint density at radius 3 is 2.47 bits per heavy atom. The second-order valence-electron chi connectivity index (χ2n) is 6.62. The van der Waals surface area contributed by atoms with Crippen LogP contribution in [0.25, 0.3) is 11.0 Å². The van der Waals surface area contributed by atoms with Crippen LogP contribution in [0.2, 0.25) is 5.02 Å². The molecule has 0 spiro atoms. The molecule has 3 aromatic carbocycles. The largest absolute Gasteiger partial charge is 0.573 e. The van der Waals surface area contributed by atoms with E-state index in [1.807, 2.05) is 0 Å². The molecule has 0 bridgehead atoms. The number of para-hydroxylation sites is 1. The van der Waals surface area contributed by atoms with Gasteiger partial charge in [-0.3, -0.25) is 4.79 Å². The lowest BCUT2D eigenvalue weighted by Gasteiger charge is -2.09. The van der Waals surface area contributed by atoms with Crippen molar-refractivity contribution in [1.82, 2.24) is 0 Å². The van der Waals surface area contributed by atoms with Crippen LogP contribution in [0.15, 0.2) is 88.3 Å². The number of halogens is 4. The maximum Gasteiger partial charge on any atom is 0.573 e. The zero-order chi connectivity index (χ0) is 22.7. The molecule has 0 fully saturated rings. The number of alkyl halides is 3. The molecule has 0 atom stereocenters. The Balaban J connectivity index is 1.78. The average molecular weight is 459 g/mol. The van der Waals surface area contributed by atoms with Crippen LogP contribution < -0.4 is 15.6 Å². The molecule has 1 aromatic heterocycles. The van der Waals surface area contributed by atoms with Gasteiger partial charge in [-0.15, -0.1) is 13.2 Å². The smallest absolute Gasteiger partial charge is 0.438 e. The zero-order valence-corrected chi connectivity index (χ0v) is 16.9. The number of nitrogens with one attached hydrogen (secondary N) is 1. The van der Waals surface area contributed by atoms with E-state index in [2.05, 4.69) is 15.0 Å². The molecule has 0 aliphatic heterocycles. The van der Waals surface area contributed by atoms with Gasteiger partial charge in [0.15, 0.2) is 0 Å². The first-order valence-corrected chi connectivity index (χ1v) is 9.65. The van der Waals surface area contributed by atoms with Gasteiger partial charge < -0.3 is 14.5 Å². The molecule has 0 saturated carbocycles. The van der Waals surface area contributed by atoms with Crippen molar-refractivity contribution in [2.24, 2.45) is 4.99 Å². The molecule has 0 aliphatic rings. The number of amides is 1. The second-order valence-corrected chi connectivity index (χ2v) is 7.06. The van der Waals surface area contributed by atoms with Gasteiger partial charge in [0.25, 0.3) is 5.91 Å². The van der Waals surface area contributed by atoms with Gasteiger partial charge in [0.05, 0.1) is 5.69 Å². The van der Waals surface area contributed by atoms with Crippen LogP contribution in [0.3, 0.4) is 0 Å². The Morgan fingerprint density at radius 2 is 1.72 bits per heavy atom. The lowest BCUT2D eigenvalue weighted by atomic mass is 10.1. The standard InChI is InChI=1S/C23H14ClF3N2O3/c24-15-8-10-16(11-9-15)28-21(30)19-12-14-4-1-2-7-20(14)31-22(19)29-17-5-3-6-18(13-17)32-23(25,26)27/h1-13H,(H,28,30). The molecule has 0 saturated heterocycles. The van der Waals surface area contributed by atoms with E-state index in [1.165, 1.54) is 12.1 Å². The number of hydrogen-bond donors (Lipinski definition) is 1. The fraction of sp³-hybridized carbons (Fsp3) is 0.0435. The first-order chi connectivity index (χ1) is 15.3.